The molecule has 0 N–H and O–H groups in total. The fraction of sp³-hybridized carbons (Fsp3) is 0.0645. The summed E-state index contributed by atoms with van der Waals surface area (Å²) in [5, 5.41) is 0.608. The van der Waals surface area contributed by atoms with Crippen LogP contribution in [-0.4, -0.2) is 25.0 Å². The van der Waals surface area contributed by atoms with E-state index in [0.717, 1.165) is 15.4 Å². The van der Waals surface area contributed by atoms with Crippen molar-refractivity contribution in [1.29, 1.82) is 0 Å². The van der Waals surface area contributed by atoms with Gasteiger partial charge in [-0.25, -0.2) is 14.6 Å². The zero-order chi connectivity index (χ0) is 27.4. The molecule has 0 aliphatic carbocycles. The topological polar surface area (TPSA) is 76.2 Å². The Morgan fingerprint density at radius 1 is 0.718 bits per heavy atom. The van der Waals surface area contributed by atoms with E-state index in [2.05, 4.69) is 0 Å². The first-order valence-electron chi connectivity index (χ1n) is 12.1. The van der Waals surface area contributed by atoms with Gasteiger partial charge in [-0.2, -0.15) is 0 Å². The van der Waals surface area contributed by atoms with Crippen LogP contribution < -0.4 is 19.3 Å². The van der Waals surface area contributed by atoms with Crippen LogP contribution in [0.5, 0.6) is 11.5 Å². The van der Waals surface area contributed by atoms with Crippen molar-refractivity contribution in [1.82, 2.24) is 0 Å². The van der Waals surface area contributed by atoms with E-state index in [0.29, 0.717) is 33.5 Å². The molecule has 8 heteroatoms. The number of carbonyl (C=O) groups is 3. The van der Waals surface area contributed by atoms with E-state index >= 15 is 0 Å². The molecule has 0 atom stereocenters. The SMILES string of the molecule is COc1cccc(C=C2C(=O)N(c3ccccc3)C(=O)N(c3ccccc3)C2=O)c1OCc1ccc(Cl)cc1. The van der Waals surface area contributed by atoms with Crippen molar-refractivity contribution in [3.8, 4) is 11.5 Å². The first kappa shape index (κ1) is 25.8. The van der Waals surface area contributed by atoms with Gasteiger partial charge in [0.2, 0.25) is 0 Å². The molecule has 0 spiro atoms. The zero-order valence-corrected chi connectivity index (χ0v) is 21.7. The highest BCUT2D eigenvalue weighted by atomic mass is 35.5. The molecule has 1 saturated heterocycles. The second-order valence-corrected chi connectivity index (χ2v) is 9.02. The minimum Gasteiger partial charge on any atom is -0.493 e. The molecule has 1 aliphatic rings. The average molecular weight is 539 g/mol. The van der Waals surface area contributed by atoms with Crippen molar-refractivity contribution in [3.05, 3.63) is 125 Å². The highest BCUT2D eigenvalue weighted by Gasteiger charge is 2.43. The van der Waals surface area contributed by atoms with Crippen molar-refractivity contribution in [2.75, 3.05) is 16.9 Å². The fourth-order valence-corrected chi connectivity index (χ4v) is 4.32. The number of para-hydroxylation sites is 3. The van der Waals surface area contributed by atoms with Gasteiger partial charge in [0.1, 0.15) is 12.2 Å². The van der Waals surface area contributed by atoms with E-state index in [4.69, 9.17) is 21.1 Å². The van der Waals surface area contributed by atoms with Gasteiger partial charge in [-0.3, -0.25) is 9.59 Å². The molecule has 0 saturated carbocycles. The lowest BCUT2D eigenvalue weighted by atomic mass is 10.0. The van der Waals surface area contributed by atoms with Gasteiger partial charge in [-0.15, -0.1) is 0 Å². The van der Waals surface area contributed by atoms with Crippen LogP contribution in [0.3, 0.4) is 0 Å². The molecule has 0 bridgehead atoms. The first-order valence-corrected chi connectivity index (χ1v) is 12.4. The van der Waals surface area contributed by atoms with Crippen LogP contribution in [0, 0.1) is 0 Å². The highest BCUT2D eigenvalue weighted by Crippen LogP contribution is 2.35. The van der Waals surface area contributed by atoms with Crippen LogP contribution in [0.25, 0.3) is 6.08 Å². The van der Waals surface area contributed by atoms with E-state index in [-0.39, 0.29) is 12.2 Å². The normalized spacial score (nSPS) is 13.5. The number of rotatable bonds is 7. The number of carbonyl (C=O) groups excluding carboxylic acids is 3. The molecule has 194 valence electrons. The number of benzene rings is 4. The summed E-state index contributed by atoms with van der Waals surface area (Å²) < 4.78 is 11.6. The van der Waals surface area contributed by atoms with E-state index < -0.39 is 17.8 Å². The molecule has 1 fully saturated rings. The van der Waals surface area contributed by atoms with Gasteiger partial charge in [0.25, 0.3) is 11.8 Å². The Morgan fingerprint density at radius 2 is 1.28 bits per heavy atom. The summed E-state index contributed by atoms with van der Waals surface area (Å²) in [5.74, 6) is -0.716. The van der Waals surface area contributed by atoms with E-state index in [1.165, 1.54) is 13.2 Å². The predicted octanol–water partition coefficient (Wildman–Crippen LogP) is 6.51. The Kier molecular flexibility index (Phi) is 7.43. The molecule has 4 aromatic carbocycles. The molecular weight excluding hydrogens is 516 g/mol. The second kappa shape index (κ2) is 11.2. The second-order valence-electron chi connectivity index (χ2n) is 8.59. The lowest BCUT2D eigenvalue weighted by Gasteiger charge is -2.34. The first-order chi connectivity index (χ1) is 19.0. The number of ether oxygens (including phenoxy) is 2. The third-order valence-electron chi connectivity index (χ3n) is 6.10. The van der Waals surface area contributed by atoms with Gasteiger partial charge in [0.15, 0.2) is 11.5 Å². The van der Waals surface area contributed by atoms with Crippen molar-refractivity contribution in [3.63, 3.8) is 0 Å². The van der Waals surface area contributed by atoms with Crippen LogP contribution >= 0.6 is 11.6 Å². The van der Waals surface area contributed by atoms with Crippen LogP contribution in [0.1, 0.15) is 11.1 Å². The van der Waals surface area contributed by atoms with Crippen molar-refractivity contribution >= 4 is 46.9 Å². The van der Waals surface area contributed by atoms with Gasteiger partial charge in [0, 0.05) is 10.6 Å². The Hall–Kier alpha value is -4.88. The van der Waals surface area contributed by atoms with E-state index in [9.17, 15) is 14.4 Å². The van der Waals surface area contributed by atoms with Gasteiger partial charge >= 0.3 is 6.03 Å². The minimum atomic E-state index is -0.760. The molecule has 1 heterocycles. The Morgan fingerprint density at radius 3 is 1.82 bits per heavy atom. The lowest BCUT2D eigenvalue weighted by Crippen LogP contribution is -2.57. The number of hydrogen-bond acceptors (Lipinski definition) is 5. The van der Waals surface area contributed by atoms with Crippen LogP contribution in [0.15, 0.2) is 109 Å². The smallest absolute Gasteiger partial charge is 0.343 e. The molecule has 4 amide bonds. The van der Waals surface area contributed by atoms with E-state index in [1.807, 2.05) is 12.1 Å². The number of urea groups is 1. The zero-order valence-electron chi connectivity index (χ0n) is 20.9. The predicted molar refractivity (Wildman–Crippen MR) is 150 cm³/mol. The summed E-state index contributed by atoms with van der Waals surface area (Å²) in [5.41, 5.74) is 1.79. The molecule has 0 radical (unpaired) electrons. The van der Waals surface area contributed by atoms with Crippen molar-refractivity contribution in [2.24, 2.45) is 0 Å². The quantitative estimate of drug-likeness (QED) is 0.198. The maximum atomic E-state index is 13.7. The largest absolute Gasteiger partial charge is 0.493 e. The number of methoxy groups -OCH3 is 1. The molecule has 5 rings (SSSR count). The van der Waals surface area contributed by atoms with Gasteiger partial charge in [-0.1, -0.05) is 72.3 Å². The van der Waals surface area contributed by atoms with Gasteiger partial charge in [-0.05, 0) is 54.1 Å². The summed E-state index contributed by atoms with van der Waals surface area (Å²) in [6, 6.07) is 28.6. The summed E-state index contributed by atoms with van der Waals surface area (Å²) in [4.78, 5) is 42.9. The molecule has 7 nitrogen and oxygen atoms in total. The average Bonchev–Trinajstić information content (AvgIpc) is 2.96. The molecule has 39 heavy (non-hydrogen) atoms. The molecule has 0 aromatic heterocycles. The van der Waals surface area contributed by atoms with Gasteiger partial charge < -0.3 is 9.47 Å². The summed E-state index contributed by atoms with van der Waals surface area (Å²) in [6.07, 6.45) is 1.43. The third kappa shape index (κ3) is 5.26. The Balaban J connectivity index is 1.59. The van der Waals surface area contributed by atoms with E-state index in [1.54, 1.807) is 91.0 Å². The third-order valence-corrected chi connectivity index (χ3v) is 6.36. The fourth-order valence-electron chi connectivity index (χ4n) is 4.19. The van der Waals surface area contributed by atoms with Crippen molar-refractivity contribution in [2.45, 2.75) is 6.61 Å². The number of nitrogens with zero attached hydrogens (tertiary/aromatic N) is 2. The van der Waals surface area contributed by atoms with Crippen molar-refractivity contribution < 1.29 is 23.9 Å². The maximum absolute atomic E-state index is 13.7. The number of amides is 4. The molecule has 1 aliphatic heterocycles. The minimum absolute atomic E-state index is 0.195. The van der Waals surface area contributed by atoms with Crippen LogP contribution in [0.4, 0.5) is 16.2 Å². The molecular formula is C31H23ClN2O5. The number of imide groups is 2. The number of hydrogen-bond donors (Lipinski definition) is 0. The Bertz CT molecular complexity index is 1490. The monoisotopic (exact) mass is 538 g/mol. The lowest BCUT2D eigenvalue weighted by molar-refractivity contribution is -0.121. The number of barbiturate groups is 1. The maximum Gasteiger partial charge on any atom is 0.343 e. The highest BCUT2D eigenvalue weighted by molar-refractivity contribution is 6.46. The number of halogens is 1. The summed E-state index contributed by atoms with van der Waals surface area (Å²) >= 11 is 6.00. The number of anilines is 2. The van der Waals surface area contributed by atoms with Crippen LogP contribution in [0.2, 0.25) is 5.02 Å². The Labute approximate surface area is 230 Å². The summed E-state index contributed by atoms with van der Waals surface area (Å²) in [6.45, 7) is 0.195. The van der Waals surface area contributed by atoms with Crippen LogP contribution in [-0.2, 0) is 16.2 Å². The molecule has 0 unspecified atom stereocenters. The van der Waals surface area contributed by atoms with Gasteiger partial charge in [0.05, 0.1) is 18.5 Å². The molecule has 4 aromatic rings. The standard InChI is InChI=1S/C31H23ClN2O5/c1-38-27-14-8-9-22(28(27)39-20-21-15-17-23(32)18-16-21)19-26-29(35)33(24-10-4-2-5-11-24)31(37)34(30(26)36)25-12-6-3-7-13-25/h2-19H,20H2,1H3. The summed E-state index contributed by atoms with van der Waals surface area (Å²) in [7, 11) is 1.51.